The first kappa shape index (κ1) is 21.5. The molecule has 1 aromatic carbocycles. The van der Waals surface area contributed by atoms with E-state index in [9.17, 15) is 19.2 Å². The SMILES string of the molecule is Cc1cccc(C)c1NC(=O)COC(=O)[C@H](C(C)C)N1C(=O)[C@@H]2[C@H]3CC[C@@H](C3)[C@@H]2C1=O. The summed E-state index contributed by atoms with van der Waals surface area (Å²) in [6.07, 6.45) is 2.90. The molecule has 2 bridgehead atoms. The zero-order chi connectivity index (χ0) is 22.4. The molecule has 3 aliphatic rings. The summed E-state index contributed by atoms with van der Waals surface area (Å²) in [7, 11) is 0. The van der Waals surface area contributed by atoms with Gasteiger partial charge in [0.15, 0.2) is 6.61 Å². The number of amides is 3. The van der Waals surface area contributed by atoms with Gasteiger partial charge in [-0.1, -0.05) is 32.0 Å². The van der Waals surface area contributed by atoms with E-state index in [4.69, 9.17) is 4.74 Å². The number of carbonyl (C=O) groups excluding carboxylic acids is 4. The quantitative estimate of drug-likeness (QED) is 0.558. The van der Waals surface area contributed by atoms with E-state index < -0.39 is 24.5 Å². The van der Waals surface area contributed by atoms with E-state index in [0.717, 1.165) is 35.3 Å². The number of imide groups is 1. The summed E-state index contributed by atoms with van der Waals surface area (Å²) < 4.78 is 5.28. The van der Waals surface area contributed by atoms with Crippen molar-refractivity contribution in [3.63, 3.8) is 0 Å². The standard InChI is InChI=1S/C24H30N2O5/c1-12(2)21(26-22(28)18-15-8-9-16(10-15)19(18)23(26)29)24(30)31-11-17(27)25-20-13(3)6-5-7-14(20)4/h5-7,12,15-16,18-19,21H,8-11H2,1-4H3,(H,25,27)/t15-,16-,18-,19+,21-/m0/s1. The van der Waals surface area contributed by atoms with Gasteiger partial charge in [-0.05, 0) is 62.0 Å². The van der Waals surface area contributed by atoms with Crippen LogP contribution in [0.4, 0.5) is 5.69 Å². The topological polar surface area (TPSA) is 92.8 Å². The van der Waals surface area contributed by atoms with E-state index in [-0.39, 0.29) is 41.4 Å². The summed E-state index contributed by atoms with van der Waals surface area (Å²) in [6.45, 7) is 6.87. The number of benzene rings is 1. The van der Waals surface area contributed by atoms with Crippen LogP contribution in [0.5, 0.6) is 0 Å². The fourth-order valence-corrected chi connectivity index (χ4v) is 5.79. The van der Waals surface area contributed by atoms with Gasteiger partial charge in [-0.3, -0.25) is 19.3 Å². The number of para-hydroxylation sites is 1. The first-order valence-corrected chi connectivity index (χ1v) is 11.1. The number of likely N-dealkylation sites (tertiary alicyclic amines) is 1. The van der Waals surface area contributed by atoms with Crippen molar-refractivity contribution in [1.29, 1.82) is 0 Å². The molecule has 2 aliphatic carbocycles. The van der Waals surface area contributed by atoms with E-state index in [0.29, 0.717) is 5.69 Å². The molecule has 0 unspecified atom stereocenters. The van der Waals surface area contributed by atoms with Crippen molar-refractivity contribution < 1.29 is 23.9 Å². The molecule has 4 rings (SSSR count). The molecule has 0 spiro atoms. The van der Waals surface area contributed by atoms with Gasteiger partial charge in [0.2, 0.25) is 11.8 Å². The summed E-state index contributed by atoms with van der Waals surface area (Å²) >= 11 is 0. The average Bonchev–Trinajstić information content (AvgIpc) is 3.39. The molecule has 0 aromatic heterocycles. The number of rotatable bonds is 6. The third-order valence-corrected chi connectivity index (χ3v) is 7.20. The highest BCUT2D eigenvalue weighted by atomic mass is 16.5. The lowest BCUT2D eigenvalue weighted by Gasteiger charge is -2.28. The molecular weight excluding hydrogens is 396 g/mol. The number of nitrogens with one attached hydrogen (secondary N) is 1. The van der Waals surface area contributed by atoms with E-state index in [1.54, 1.807) is 13.8 Å². The number of hydrogen-bond donors (Lipinski definition) is 1. The summed E-state index contributed by atoms with van der Waals surface area (Å²) in [5, 5.41) is 2.78. The molecule has 3 amide bonds. The second kappa shape index (κ2) is 8.09. The van der Waals surface area contributed by atoms with Crippen LogP contribution in [0.15, 0.2) is 18.2 Å². The van der Waals surface area contributed by atoms with Crippen LogP contribution in [0.3, 0.4) is 0 Å². The highest BCUT2D eigenvalue weighted by Crippen LogP contribution is 2.56. The number of hydrogen-bond acceptors (Lipinski definition) is 5. The third kappa shape index (κ3) is 3.64. The molecular formula is C24H30N2O5. The fraction of sp³-hybridized carbons (Fsp3) is 0.583. The number of fused-ring (bicyclic) bond motifs is 5. The summed E-state index contributed by atoms with van der Waals surface area (Å²) in [5.74, 6) is -2.01. The van der Waals surface area contributed by atoms with Crippen LogP contribution in [0.25, 0.3) is 0 Å². The Bertz CT molecular complexity index is 892. The van der Waals surface area contributed by atoms with Gasteiger partial charge in [0, 0.05) is 5.69 Å². The number of esters is 1. The van der Waals surface area contributed by atoms with Crippen molar-refractivity contribution in [2.24, 2.45) is 29.6 Å². The first-order valence-electron chi connectivity index (χ1n) is 11.1. The Balaban J connectivity index is 1.43. The summed E-state index contributed by atoms with van der Waals surface area (Å²) in [6, 6.07) is 4.67. The number of carbonyl (C=O) groups is 4. The zero-order valence-electron chi connectivity index (χ0n) is 18.5. The van der Waals surface area contributed by atoms with Gasteiger partial charge in [-0.15, -0.1) is 0 Å². The Labute approximate surface area is 182 Å². The van der Waals surface area contributed by atoms with Crippen LogP contribution < -0.4 is 5.32 Å². The molecule has 1 N–H and O–H groups in total. The molecule has 1 heterocycles. The number of aryl methyl sites for hydroxylation is 2. The van der Waals surface area contributed by atoms with Gasteiger partial charge in [0.05, 0.1) is 11.8 Å². The highest BCUT2D eigenvalue weighted by molar-refractivity contribution is 6.08. The molecule has 1 saturated heterocycles. The largest absolute Gasteiger partial charge is 0.454 e. The average molecular weight is 427 g/mol. The molecule has 1 aromatic rings. The minimum atomic E-state index is -1.00. The molecule has 0 radical (unpaired) electrons. The molecule has 2 saturated carbocycles. The molecule has 31 heavy (non-hydrogen) atoms. The second-order valence-corrected chi connectivity index (χ2v) is 9.54. The Morgan fingerprint density at radius 1 is 1.06 bits per heavy atom. The van der Waals surface area contributed by atoms with Crippen molar-refractivity contribution in [3.8, 4) is 0 Å². The van der Waals surface area contributed by atoms with Crippen LogP contribution in [-0.2, 0) is 23.9 Å². The molecule has 7 heteroatoms. The van der Waals surface area contributed by atoms with Crippen molar-refractivity contribution >= 4 is 29.4 Å². The first-order chi connectivity index (χ1) is 14.7. The molecule has 166 valence electrons. The van der Waals surface area contributed by atoms with E-state index in [1.165, 1.54) is 0 Å². The second-order valence-electron chi connectivity index (χ2n) is 9.54. The van der Waals surface area contributed by atoms with Gasteiger partial charge in [-0.25, -0.2) is 4.79 Å². The minimum Gasteiger partial charge on any atom is -0.454 e. The van der Waals surface area contributed by atoms with E-state index >= 15 is 0 Å². The van der Waals surface area contributed by atoms with Gasteiger partial charge in [0.1, 0.15) is 6.04 Å². The van der Waals surface area contributed by atoms with Crippen molar-refractivity contribution in [3.05, 3.63) is 29.3 Å². The van der Waals surface area contributed by atoms with Crippen LogP contribution in [-0.4, -0.2) is 41.2 Å². The fourth-order valence-electron chi connectivity index (χ4n) is 5.79. The smallest absolute Gasteiger partial charge is 0.330 e. The van der Waals surface area contributed by atoms with Gasteiger partial charge in [0.25, 0.3) is 5.91 Å². The molecule has 7 nitrogen and oxygen atoms in total. The lowest BCUT2D eigenvalue weighted by Crippen LogP contribution is -2.50. The lowest BCUT2D eigenvalue weighted by molar-refractivity contribution is -0.162. The maximum absolute atomic E-state index is 13.1. The van der Waals surface area contributed by atoms with E-state index in [1.807, 2.05) is 32.0 Å². The van der Waals surface area contributed by atoms with Crippen LogP contribution in [0.2, 0.25) is 0 Å². The van der Waals surface area contributed by atoms with Gasteiger partial charge in [-0.2, -0.15) is 0 Å². The maximum atomic E-state index is 13.1. The van der Waals surface area contributed by atoms with E-state index in [2.05, 4.69) is 5.32 Å². The predicted molar refractivity (Wildman–Crippen MR) is 114 cm³/mol. The van der Waals surface area contributed by atoms with Gasteiger partial charge >= 0.3 is 5.97 Å². The summed E-state index contributed by atoms with van der Waals surface area (Å²) in [4.78, 5) is 52.7. The Morgan fingerprint density at radius 2 is 1.61 bits per heavy atom. The zero-order valence-corrected chi connectivity index (χ0v) is 18.5. The normalized spacial score (nSPS) is 27.6. The van der Waals surface area contributed by atoms with Crippen molar-refractivity contribution in [2.75, 3.05) is 11.9 Å². The minimum absolute atomic E-state index is 0.238. The number of nitrogens with zero attached hydrogens (tertiary/aromatic N) is 1. The Kier molecular flexibility index (Phi) is 5.62. The van der Waals surface area contributed by atoms with Crippen molar-refractivity contribution in [1.82, 2.24) is 4.90 Å². The predicted octanol–water partition coefficient (Wildman–Crippen LogP) is 2.84. The molecule has 5 atom stereocenters. The lowest BCUT2D eigenvalue weighted by atomic mass is 9.81. The number of anilines is 1. The van der Waals surface area contributed by atoms with Crippen molar-refractivity contribution in [2.45, 2.75) is 53.0 Å². The monoisotopic (exact) mass is 426 g/mol. The Morgan fingerprint density at radius 3 is 2.13 bits per heavy atom. The number of ether oxygens (including phenoxy) is 1. The van der Waals surface area contributed by atoms with Crippen LogP contribution in [0.1, 0.15) is 44.2 Å². The van der Waals surface area contributed by atoms with Crippen LogP contribution >= 0.6 is 0 Å². The molecule has 1 aliphatic heterocycles. The highest BCUT2D eigenvalue weighted by Gasteiger charge is 2.62. The maximum Gasteiger partial charge on any atom is 0.330 e. The van der Waals surface area contributed by atoms with Gasteiger partial charge < -0.3 is 10.1 Å². The Hall–Kier alpha value is -2.70. The third-order valence-electron chi connectivity index (χ3n) is 7.20. The van der Waals surface area contributed by atoms with Crippen LogP contribution in [0, 0.1) is 43.4 Å². The summed E-state index contributed by atoms with van der Waals surface area (Å²) in [5.41, 5.74) is 2.51. The molecule has 3 fully saturated rings.